The van der Waals surface area contributed by atoms with Gasteiger partial charge >= 0.3 is 0 Å². The van der Waals surface area contributed by atoms with Gasteiger partial charge in [-0.1, -0.05) is 170 Å². The first-order valence-corrected chi connectivity index (χ1v) is 25.6. The summed E-state index contributed by atoms with van der Waals surface area (Å²) in [6.45, 7) is 34.5. The fourth-order valence-corrected chi connectivity index (χ4v) is 13.9. The average Bonchev–Trinajstić information content (AvgIpc) is 3.28. The number of benzene rings is 6. The van der Waals surface area contributed by atoms with Crippen LogP contribution in [0.2, 0.25) is 0 Å². The van der Waals surface area contributed by atoms with Gasteiger partial charge in [0.2, 0.25) is 0 Å². The molecule has 3 aliphatic heterocycles. The summed E-state index contributed by atoms with van der Waals surface area (Å²) in [6, 6.07) is 48.3. The SMILES string of the molecule is CC(C)(C)c1cccc(N2c3cc(C(C)(C)C)ccc3B3c4cc5c(cc4N(c4ccccc4)c4cc(N6c7ccccc7C(C)(C)C7(C)CCCCC67C)cc2c43)C(C)(C)CCC5(C)C)c1. The Morgan fingerprint density at radius 3 is 1.67 bits per heavy atom. The van der Waals surface area contributed by atoms with Crippen molar-refractivity contribution in [2.24, 2.45) is 5.41 Å². The largest absolute Gasteiger partial charge is 0.335 e. The molecule has 344 valence electrons. The Kier molecular flexibility index (Phi) is 9.53. The zero-order chi connectivity index (χ0) is 47.4. The highest BCUT2D eigenvalue weighted by molar-refractivity contribution is 7.00. The van der Waals surface area contributed by atoms with Crippen LogP contribution in [0.3, 0.4) is 0 Å². The van der Waals surface area contributed by atoms with Gasteiger partial charge in [-0.3, -0.25) is 0 Å². The van der Waals surface area contributed by atoms with Crippen molar-refractivity contribution < 1.29 is 0 Å². The first kappa shape index (κ1) is 44.3. The van der Waals surface area contributed by atoms with E-state index in [1.165, 1.54) is 122 Å². The highest BCUT2D eigenvalue weighted by Gasteiger charge is 2.62. The maximum atomic E-state index is 2.85. The molecule has 3 nitrogen and oxygen atoms in total. The van der Waals surface area contributed by atoms with Crippen molar-refractivity contribution in [3.63, 3.8) is 0 Å². The summed E-state index contributed by atoms with van der Waals surface area (Å²) < 4.78 is 0. The van der Waals surface area contributed by atoms with Gasteiger partial charge < -0.3 is 14.7 Å². The van der Waals surface area contributed by atoms with Crippen molar-refractivity contribution in [1.82, 2.24) is 0 Å². The summed E-state index contributed by atoms with van der Waals surface area (Å²) in [5, 5.41) is 0. The third-order valence-corrected chi connectivity index (χ3v) is 18.6. The van der Waals surface area contributed by atoms with Gasteiger partial charge in [0, 0.05) is 56.5 Å². The summed E-state index contributed by atoms with van der Waals surface area (Å²) in [4.78, 5) is 8.20. The van der Waals surface area contributed by atoms with E-state index in [-0.39, 0.29) is 44.7 Å². The lowest BCUT2D eigenvalue weighted by atomic mass is 9.33. The third-order valence-electron chi connectivity index (χ3n) is 18.6. The number of fused-ring (bicyclic) bond motifs is 7. The molecule has 0 aromatic heterocycles. The number of hydrogen-bond donors (Lipinski definition) is 0. The van der Waals surface area contributed by atoms with Crippen LogP contribution in [0.25, 0.3) is 0 Å². The Morgan fingerprint density at radius 2 is 1.00 bits per heavy atom. The molecule has 0 amide bonds. The molecule has 0 saturated heterocycles. The number of nitrogens with zero attached hydrogens (tertiary/aromatic N) is 3. The molecule has 2 aliphatic carbocycles. The van der Waals surface area contributed by atoms with Gasteiger partial charge in [-0.25, -0.2) is 0 Å². The van der Waals surface area contributed by atoms with E-state index in [0.29, 0.717) is 0 Å². The van der Waals surface area contributed by atoms with Crippen molar-refractivity contribution in [3.05, 3.63) is 149 Å². The van der Waals surface area contributed by atoms with E-state index in [2.05, 4.69) is 233 Å². The summed E-state index contributed by atoms with van der Waals surface area (Å²) in [7, 11) is 0. The summed E-state index contributed by atoms with van der Waals surface area (Å²) in [5.41, 5.74) is 21.6. The minimum atomic E-state index is -0.134. The first-order chi connectivity index (χ1) is 31.5. The predicted octanol–water partition coefficient (Wildman–Crippen LogP) is 15.5. The standard InChI is InChI=1S/C63H74BN3/c1-57(2,3)41-23-22-26-44(35-41)66-52-36-42(58(4,5)6)29-30-49(52)64-50-39-47-48(60(9,10)34-33-59(47,7)8)40-53(50)65(43-24-16-15-17-25-43)54-37-45(38-55(66)56(54)64)67-51-28-19-18-27-46(51)61(11,12)62(13)31-20-21-32-63(62,67)14/h15-19,22-30,35-40H,20-21,31-34H2,1-14H3. The minimum Gasteiger partial charge on any atom is -0.335 e. The van der Waals surface area contributed by atoms with Gasteiger partial charge in [0.1, 0.15) is 0 Å². The Bertz CT molecular complexity index is 2980. The normalized spacial score (nSPS) is 23.1. The number of para-hydroxylation sites is 2. The molecule has 0 spiro atoms. The lowest BCUT2D eigenvalue weighted by Gasteiger charge is -2.66. The van der Waals surface area contributed by atoms with Crippen LogP contribution in [0.1, 0.15) is 163 Å². The smallest absolute Gasteiger partial charge is 0.252 e. The molecule has 11 rings (SSSR count). The average molecular weight is 884 g/mol. The monoisotopic (exact) mass is 884 g/mol. The molecule has 3 heterocycles. The second-order valence-corrected chi connectivity index (χ2v) is 25.7. The zero-order valence-electron chi connectivity index (χ0n) is 43.2. The Labute approximate surface area is 404 Å². The summed E-state index contributed by atoms with van der Waals surface area (Å²) in [5.74, 6) is 0. The van der Waals surface area contributed by atoms with Gasteiger partial charge in [0.25, 0.3) is 6.71 Å². The molecule has 5 aliphatic rings. The van der Waals surface area contributed by atoms with Crippen LogP contribution in [0.4, 0.5) is 45.5 Å². The maximum absolute atomic E-state index is 2.85. The van der Waals surface area contributed by atoms with Crippen LogP contribution in [0, 0.1) is 5.41 Å². The molecule has 2 unspecified atom stereocenters. The van der Waals surface area contributed by atoms with Gasteiger partial charge in [0.15, 0.2) is 0 Å². The predicted molar refractivity (Wildman–Crippen MR) is 290 cm³/mol. The molecular formula is C63H74BN3. The van der Waals surface area contributed by atoms with Gasteiger partial charge in [-0.05, 0) is 158 Å². The van der Waals surface area contributed by atoms with Crippen LogP contribution in [-0.2, 0) is 27.1 Å². The lowest BCUT2D eigenvalue weighted by Crippen LogP contribution is -2.67. The van der Waals surface area contributed by atoms with Crippen molar-refractivity contribution in [2.75, 3.05) is 14.7 Å². The van der Waals surface area contributed by atoms with E-state index in [4.69, 9.17) is 0 Å². The Morgan fingerprint density at radius 1 is 0.433 bits per heavy atom. The molecule has 1 saturated carbocycles. The molecule has 0 radical (unpaired) electrons. The second-order valence-electron chi connectivity index (χ2n) is 25.7. The molecule has 67 heavy (non-hydrogen) atoms. The zero-order valence-corrected chi connectivity index (χ0v) is 43.2. The molecule has 6 aromatic carbocycles. The fourth-order valence-electron chi connectivity index (χ4n) is 13.9. The lowest BCUT2D eigenvalue weighted by molar-refractivity contribution is 0.0106. The minimum absolute atomic E-state index is 0.0146. The highest BCUT2D eigenvalue weighted by Crippen LogP contribution is 2.66. The van der Waals surface area contributed by atoms with Crippen LogP contribution in [-0.4, -0.2) is 12.3 Å². The fraction of sp³-hybridized carbons (Fsp3) is 0.429. The second kappa shape index (κ2) is 14.4. The van der Waals surface area contributed by atoms with Crippen LogP contribution in [0.15, 0.2) is 121 Å². The topological polar surface area (TPSA) is 9.72 Å². The van der Waals surface area contributed by atoms with Crippen molar-refractivity contribution in [1.29, 1.82) is 0 Å². The molecule has 2 atom stereocenters. The summed E-state index contributed by atoms with van der Waals surface area (Å²) in [6.07, 6.45) is 7.21. The third kappa shape index (κ3) is 6.29. The van der Waals surface area contributed by atoms with E-state index in [1.54, 1.807) is 0 Å². The Hall–Kier alpha value is -5.22. The van der Waals surface area contributed by atoms with E-state index in [9.17, 15) is 0 Å². The van der Waals surface area contributed by atoms with Crippen LogP contribution < -0.4 is 31.1 Å². The first-order valence-electron chi connectivity index (χ1n) is 25.6. The van der Waals surface area contributed by atoms with Crippen molar-refractivity contribution in [2.45, 2.75) is 168 Å². The molecular weight excluding hydrogens is 810 g/mol. The summed E-state index contributed by atoms with van der Waals surface area (Å²) >= 11 is 0. The molecule has 6 aromatic rings. The van der Waals surface area contributed by atoms with Gasteiger partial charge in [-0.15, -0.1) is 0 Å². The van der Waals surface area contributed by atoms with Gasteiger partial charge in [0.05, 0.1) is 0 Å². The van der Waals surface area contributed by atoms with Gasteiger partial charge in [-0.2, -0.15) is 0 Å². The Balaban J connectivity index is 1.31. The van der Waals surface area contributed by atoms with E-state index in [1.807, 2.05) is 0 Å². The van der Waals surface area contributed by atoms with E-state index >= 15 is 0 Å². The van der Waals surface area contributed by atoms with Crippen LogP contribution in [0.5, 0.6) is 0 Å². The quantitative estimate of drug-likeness (QED) is 0.164. The molecule has 0 N–H and O–H groups in total. The molecule has 4 heteroatoms. The molecule has 1 fully saturated rings. The van der Waals surface area contributed by atoms with Crippen molar-refractivity contribution >= 4 is 68.6 Å². The van der Waals surface area contributed by atoms with E-state index < -0.39 is 0 Å². The van der Waals surface area contributed by atoms with E-state index in [0.717, 1.165) is 6.42 Å². The van der Waals surface area contributed by atoms with Crippen molar-refractivity contribution in [3.8, 4) is 0 Å². The number of hydrogen-bond acceptors (Lipinski definition) is 3. The maximum Gasteiger partial charge on any atom is 0.252 e. The highest BCUT2D eigenvalue weighted by atomic mass is 15.3. The number of anilines is 8. The molecule has 0 bridgehead atoms. The van der Waals surface area contributed by atoms with Crippen LogP contribution >= 0.6 is 0 Å². The number of rotatable bonds is 3.